The van der Waals surface area contributed by atoms with Crippen molar-refractivity contribution in [3.8, 4) is 0 Å². The molecule has 2 amide bonds. The zero-order valence-corrected chi connectivity index (χ0v) is 12.6. The molecule has 0 bridgehead atoms. The average molecular weight is 310 g/mol. The van der Waals surface area contributed by atoms with Gasteiger partial charge in [-0.2, -0.15) is 0 Å². The number of hydrogen-bond acceptors (Lipinski definition) is 3. The summed E-state index contributed by atoms with van der Waals surface area (Å²) in [5.74, 6) is -1.28. The molecular weight excluding hydrogens is 290 g/mol. The van der Waals surface area contributed by atoms with E-state index in [1.165, 1.54) is 18.9 Å². The van der Waals surface area contributed by atoms with Crippen LogP contribution in [0.5, 0.6) is 0 Å². The lowest BCUT2D eigenvalue weighted by atomic mass is 10.1. The molecule has 1 aromatic carbocycles. The second kappa shape index (κ2) is 7.31. The Morgan fingerprint density at radius 3 is 2.38 bits per heavy atom. The Labute approximate surface area is 129 Å². The summed E-state index contributed by atoms with van der Waals surface area (Å²) in [6, 6.07) is 4.81. The van der Waals surface area contributed by atoms with Crippen LogP contribution >= 0.6 is 11.6 Å². The molecule has 1 fully saturated rings. The molecule has 0 aromatic heterocycles. The second-order valence-corrected chi connectivity index (χ2v) is 5.76. The Balaban J connectivity index is 1.89. The maximum Gasteiger partial charge on any atom is 0.313 e. The highest BCUT2D eigenvalue weighted by Crippen LogP contribution is 2.22. The van der Waals surface area contributed by atoms with E-state index in [1.807, 2.05) is 0 Å². The van der Waals surface area contributed by atoms with Crippen molar-refractivity contribution in [1.29, 1.82) is 0 Å². The molecule has 0 saturated heterocycles. The molecule has 114 valence electrons. The van der Waals surface area contributed by atoms with Crippen LogP contribution in [0, 0.1) is 0 Å². The normalized spacial score (nSPS) is 16.0. The number of nitrogens with two attached hydrogens (primary N) is 1. The van der Waals surface area contributed by atoms with Crippen LogP contribution in [0.25, 0.3) is 0 Å². The molecule has 6 heteroatoms. The largest absolute Gasteiger partial charge is 0.398 e. The molecule has 0 radical (unpaired) electrons. The Morgan fingerprint density at radius 2 is 1.76 bits per heavy atom. The number of benzene rings is 1. The lowest BCUT2D eigenvalue weighted by Crippen LogP contribution is -2.41. The molecule has 0 atom stereocenters. The number of nitrogens with one attached hydrogen (secondary N) is 2. The summed E-state index contributed by atoms with van der Waals surface area (Å²) >= 11 is 5.87. The first-order valence-electron chi connectivity index (χ1n) is 7.23. The molecule has 0 spiro atoms. The summed E-state index contributed by atoms with van der Waals surface area (Å²) < 4.78 is 0. The first kappa shape index (κ1) is 15.6. The average Bonchev–Trinajstić information content (AvgIpc) is 2.71. The highest BCUT2D eigenvalue weighted by molar-refractivity contribution is 6.40. The van der Waals surface area contributed by atoms with Crippen molar-refractivity contribution in [1.82, 2.24) is 5.32 Å². The van der Waals surface area contributed by atoms with Gasteiger partial charge in [0.15, 0.2) is 0 Å². The number of hydrogen-bond donors (Lipinski definition) is 3. The van der Waals surface area contributed by atoms with Gasteiger partial charge >= 0.3 is 11.8 Å². The van der Waals surface area contributed by atoms with Gasteiger partial charge in [-0.25, -0.2) is 0 Å². The minimum Gasteiger partial charge on any atom is -0.398 e. The van der Waals surface area contributed by atoms with E-state index in [0.29, 0.717) is 16.4 Å². The van der Waals surface area contributed by atoms with Crippen LogP contribution < -0.4 is 16.4 Å². The van der Waals surface area contributed by atoms with Crippen LogP contribution in [0.3, 0.4) is 0 Å². The Bertz CT molecular complexity index is 526. The number of carbonyl (C=O) groups excluding carboxylic acids is 2. The molecular formula is C15H20ClN3O2. The Hall–Kier alpha value is -1.75. The number of halogens is 1. The Morgan fingerprint density at radius 1 is 1.10 bits per heavy atom. The molecule has 1 aliphatic rings. The van der Waals surface area contributed by atoms with Crippen molar-refractivity contribution in [2.75, 3.05) is 11.1 Å². The fourth-order valence-corrected chi connectivity index (χ4v) is 2.65. The fraction of sp³-hybridized carbons (Fsp3) is 0.467. The SMILES string of the molecule is Nc1ccc(NC(=O)C(=O)NC2CCCCCC2)cc1Cl. The third-order valence-corrected chi connectivity index (χ3v) is 3.98. The summed E-state index contributed by atoms with van der Waals surface area (Å²) in [7, 11) is 0. The van der Waals surface area contributed by atoms with Crippen molar-refractivity contribution in [3.63, 3.8) is 0 Å². The molecule has 1 saturated carbocycles. The highest BCUT2D eigenvalue weighted by Gasteiger charge is 2.19. The molecule has 4 N–H and O–H groups in total. The third-order valence-electron chi connectivity index (χ3n) is 3.65. The number of rotatable bonds is 2. The number of nitrogen functional groups attached to an aromatic ring is 1. The summed E-state index contributed by atoms with van der Waals surface area (Å²) in [5.41, 5.74) is 6.48. The maximum atomic E-state index is 11.9. The first-order valence-corrected chi connectivity index (χ1v) is 7.61. The van der Waals surface area contributed by atoms with Gasteiger partial charge in [-0.1, -0.05) is 37.3 Å². The van der Waals surface area contributed by atoms with Gasteiger partial charge in [0.25, 0.3) is 0 Å². The minimum absolute atomic E-state index is 0.0979. The van der Waals surface area contributed by atoms with Gasteiger partial charge in [0.1, 0.15) is 0 Å². The van der Waals surface area contributed by atoms with Crippen molar-refractivity contribution < 1.29 is 9.59 Å². The van der Waals surface area contributed by atoms with Crippen LogP contribution in [0.15, 0.2) is 18.2 Å². The summed E-state index contributed by atoms with van der Waals surface area (Å²) in [4.78, 5) is 23.8. The van der Waals surface area contributed by atoms with Crippen LogP contribution in [0.4, 0.5) is 11.4 Å². The van der Waals surface area contributed by atoms with Crippen LogP contribution in [-0.4, -0.2) is 17.9 Å². The maximum absolute atomic E-state index is 11.9. The van der Waals surface area contributed by atoms with Crippen molar-refractivity contribution >= 4 is 34.8 Å². The zero-order chi connectivity index (χ0) is 15.2. The Kier molecular flexibility index (Phi) is 5.44. The first-order chi connectivity index (χ1) is 10.1. The van der Waals surface area contributed by atoms with E-state index in [0.717, 1.165) is 25.7 Å². The van der Waals surface area contributed by atoms with Crippen molar-refractivity contribution in [2.45, 2.75) is 44.6 Å². The van der Waals surface area contributed by atoms with Gasteiger partial charge in [0.05, 0.1) is 10.7 Å². The van der Waals surface area contributed by atoms with Gasteiger partial charge in [0, 0.05) is 11.7 Å². The third kappa shape index (κ3) is 4.63. The van der Waals surface area contributed by atoms with Gasteiger partial charge in [-0.3, -0.25) is 9.59 Å². The fourth-order valence-electron chi connectivity index (χ4n) is 2.47. The molecule has 0 heterocycles. The van der Waals surface area contributed by atoms with Crippen LogP contribution in [0.1, 0.15) is 38.5 Å². The van der Waals surface area contributed by atoms with E-state index in [9.17, 15) is 9.59 Å². The molecule has 5 nitrogen and oxygen atoms in total. The highest BCUT2D eigenvalue weighted by atomic mass is 35.5. The van der Waals surface area contributed by atoms with E-state index < -0.39 is 11.8 Å². The molecule has 1 aromatic rings. The standard InChI is InChI=1S/C15H20ClN3O2/c16-12-9-11(7-8-13(12)17)19-15(21)14(20)18-10-5-3-1-2-4-6-10/h7-10H,1-6,17H2,(H,18,20)(H,19,21). The van der Waals surface area contributed by atoms with E-state index >= 15 is 0 Å². The van der Waals surface area contributed by atoms with Gasteiger partial charge in [-0.15, -0.1) is 0 Å². The van der Waals surface area contributed by atoms with Gasteiger partial charge in [0.2, 0.25) is 0 Å². The van der Waals surface area contributed by atoms with Crippen molar-refractivity contribution in [2.24, 2.45) is 0 Å². The summed E-state index contributed by atoms with van der Waals surface area (Å²) in [5, 5.41) is 5.66. The van der Waals surface area contributed by atoms with E-state index in [4.69, 9.17) is 17.3 Å². The second-order valence-electron chi connectivity index (χ2n) is 5.35. The van der Waals surface area contributed by atoms with Crippen LogP contribution in [-0.2, 0) is 9.59 Å². The van der Waals surface area contributed by atoms with Crippen molar-refractivity contribution in [3.05, 3.63) is 23.2 Å². The van der Waals surface area contributed by atoms with Crippen LogP contribution in [0.2, 0.25) is 5.02 Å². The predicted octanol–water partition coefficient (Wildman–Crippen LogP) is 2.70. The molecule has 1 aliphatic carbocycles. The summed E-state index contributed by atoms with van der Waals surface area (Å²) in [6.45, 7) is 0. The predicted molar refractivity (Wildman–Crippen MR) is 84.1 cm³/mol. The van der Waals surface area contributed by atoms with Gasteiger partial charge < -0.3 is 16.4 Å². The zero-order valence-electron chi connectivity index (χ0n) is 11.8. The quantitative estimate of drug-likeness (QED) is 0.446. The van der Waals surface area contributed by atoms with E-state index in [1.54, 1.807) is 12.1 Å². The van der Waals surface area contributed by atoms with Gasteiger partial charge in [-0.05, 0) is 31.0 Å². The minimum atomic E-state index is -0.680. The van der Waals surface area contributed by atoms with E-state index in [2.05, 4.69) is 10.6 Å². The topological polar surface area (TPSA) is 84.2 Å². The lowest BCUT2D eigenvalue weighted by molar-refractivity contribution is -0.136. The molecule has 21 heavy (non-hydrogen) atoms. The molecule has 0 aliphatic heterocycles. The van der Waals surface area contributed by atoms with E-state index in [-0.39, 0.29) is 6.04 Å². The smallest absolute Gasteiger partial charge is 0.313 e. The summed E-state index contributed by atoms with van der Waals surface area (Å²) in [6.07, 6.45) is 6.46. The lowest BCUT2D eigenvalue weighted by Gasteiger charge is -2.15. The molecule has 2 rings (SSSR count). The number of carbonyl (C=O) groups is 2. The number of amides is 2. The number of anilines is 2. The molecule has 0 unspecified atom stereocenters. The monoisotopic (exact) mass is 309 g/mol.